The van der Waals surface area contributed by atoms with Crippen LogP contribution in [0.15, 0.2) is 24.3 Å². The van der Waals surface area contributed by atoms with Crippen LogP contribution in [-0.2, 0) is 23.9 Å². The summed E-state index contributed by atoms with van der Waals surface area (Å²) in [5, 5.41) is 5.10. The number of rotatable bonds is 7. The third-order valence-electron chi connectivity index (χ3n) is 3.33. The number of esters is 2. The molecule has 1 aromatic rings. The minimum atomic E-state index is -1.03. The van der Waals surface area contributed by atoms with Crippen molar-refractivity contribution in [3.8, 4) is 0 Å². The van der Waals surface area contributed by atoms with Crippen LogP contribution in [0.25, 0.3) is 0 Å². The van der Waals surface area contributed by atoms with Gasteiger partial charge in [0.25, 0.3) is 5.91 Å². The third-order valence-corrected chi connectivity index (χ3v) is 3.33. The molecule has 0 bridgehead atoms. The van der Waals surface area contributed by atoms with Gasteiger partial charge >= 0.3 is 11.9 Å². The van der Waals surface area contributed by atoms with Gasteiger partial charge in [-0.15, -0.1) is 0 Å². The highest BCUT2D eigenvalue weighted by atomic mass is 16.6. The molecule has 0 saturated carbocycles. The second-order valence-electron chi connectivity index (χ2n) is 6.90. The molecule has 8 nitrogen and oxygen atoms in total. The van der Waals surface area contributed by atoms with Crippen molar-refractivity contribution in [1.82, 2.24) is 5.32 Å². The molecule has 148 valence electrons. The van der Waals surface area contributed by atoms with Crippen LogP contribution in [0.4, 0.5) is 5.69 Å². The molecule has 0 fully saturated rings. The quantitative estimate of drug-likeness (QED) is 0.703. The SMILES string of the molecule is COC(=O)[C@H](CCC(=O)OC(C)(C)C)NC(=O)c1ccccc1NC(C)=O. The largest absolute Gasteiger partial charge is 0.467 e. The highest BCUT2D eigenvalue weighted by Gasteiger charge is 2.25. The lowest BCUT2D eigenvalue weighted by atomic mass is 10.1. The second-order valence-corrected chi connectivity index (χ2v) is 6.90. The lowest BCUT2D eigenvalue weighted by Gasteiger charge is -2.21. The van der Waals surface area contributed by atoms with Gasteiger partial charge in [-0.25, -0.2) is 4.79 Å². The molecule has 2 amide bonds. The maximum atomic E-state index is 12.6. The molecule has 0 heterocycles. The van der Waals surface area contributed by atoms with Crippen molar-refractivity contribution < 1.29 is 28.7 Å². The van der Waals surface area contributed by atoms with Gasteiger partial charge in [0.2, 0.25) is 5.91 Å². The molecule has 2 N–H and O–H groups in total. The van der Waals surface area contributed by atoms with Crippen LogP contribution in [0.1, 0.15) is 50.9 Å². The van der Waals surface area contributed by atoms with Crippen molar-refractivity contribution in [2.75, 3.05) is 12.4 Å². The van der Waals surface area contributed by atoms with Gasteiger partial charge in [0.1, 0.15) is 11.6 Å². The molecule has 0 spiro atoms. The normalized spacial score (nSPS) is 11.9. The first-order chi connectivity index (χ1) is 12.5. The Morgan fingerprint density at radius 1 is 1.11 bits per heavy atom. The zero-order valence-electron chi connectivity index (χ0n) is 16.3. The lowest BCUT2D eigenvalue weighted by Crippen LogP contribution is -2.42. The van der Waals surface area contributed by atoms with Gasteiger partial charge in [0.05, 0.1) is 18.4 Å². The molecule has 0 unspecified atom stereocenters. The molecule has 8 heteroatoms. The molecule has 27 heavy (non-hydrogen) atoms. The Hall–Kier alpha value is -2.90. The van der Waals surface area contributed by atoms with Gasteiger partial charge in [-0.1, -0.05) is 12.1 Å². The number of para-hydroxylation sites is 1. The van der Waals surface area contributed by atoms with Gasteiger partial charge in [0, 0.05) is 13.3 Å². The summed E-state index contributed by atoms with van der Waals surface area (Å²) in [4.78, 5) is 47.7. The topological polar surface area (TPSA) is 111 Å². The van der Waals surface area contributed by atoms with E-state index in [1.165, 1.54) is 20.1 Å². The summed E-state index contributed by atoms with van der Waals surface area (Å²) in [6.07, 6.45) is -0.0414. The van der Waals surface area contributed by atoms with Crippen molar-refractivity contribution >= 4 is 29.4 Å². The molecular formula is C19H26N2O6. The number of nitrogens with one attached hydrogen (secondary N) is 2. The Kier molecular flexibility index (Phi) is 7.96. The number of hydrogen-bond donors (Lipinski definition) is 2. The van der Waals surface area contributed by atoms with Gasteiger partial charge < -0.3 is 20.1 Å². The van der Waals surface area contributed by atoms with E-state index in [0.29, 0.717) is 5.69 Å². The molecule has 0 radical (unpaired) electrons. The molecule has 0 aliphatic rings. The number of anilines is 1. The zero-order valence-corrected chi connectivity index (χ0v) is 16.3. The van der Waals surface area contributed by atoms with Crippen LogP contribution < -0.4 is 10.6 Å². The van der Waals surface area contributed by atoms with Gasteiger partial charge in [-0.05, 0) is 39.3 Å². The van der Waals surface area contributed by atoms with Crippen LogP contribution in [0.5, 0.6) is 0 Å². The van der Waals surface area contributed by atoms with Gasteiger partial charge in [0.15, 0.2) is 0 Å². The van der Waals surface area contributed by atoms with Crippen molar-refractivity contribution in [3.05, 3.63) is 29.8 Å². The Morgan fingerprint density at radius 2 is 1.74 bits per heavy atom. The standard InChI is InChI=1S/C19H26N2O6/c1-12(22)20-14-9-7-6-8-13(14)17(24)21-15(18(25)26-5)10-11-16(23)27-19(2,3)4/h6-9,15H,10-11H2,1-5H3,(H,20,22)(H,21,24)/t15-/m0/s1. The van der Waals surface area contributed by atoms with Crippen molar-refractivity contribution in [2.45, 2.75) is 52.2 Å². The molecule has 1 aromatic carbocycles. The molecule has 1 rings (SSSR count). The lowest BCUT2D eigenvalue weighted by molar-refractivity contribution is -0.155. The maximum absolute atomic E-state index is 12.6. The fourth-order valence-corrected chi connectivity index (χ4v) is 2.26. The first-order valence-corrected chi connectivity index (χ1v) is 8.50. The van der Waals surface area contributed by atoms with Gasteiger partial charge in [-0.3, -0.25) is 14.4 Å². The van der Waals surface area contributed by atoms with Gasteiger partial charge in [-0.2, -0.15) is 0 Å². The van der Waals surface area contributed by atoms with E-state index in [0.717, 1.165) is 0 Å². The molecule has 0 aliphatic heterocycles. The summed E-state index contributed by atoms with van der Waals surface area (Å²) < 4.78 is 9.90. The number of methoxy groups -OCH3 is 1. The highest BCUT2D eigenvalue weighted by Crippen LogP contribution is 2.16. The Balaban J connectivity index is 2.85. The molecular weight excluding hydrogens is 352 g/mol. The fourth-order valence-electron chi connectivity index (χ4n) is 2.26. The molecule has 1 atom stereocenters. The number of hydrogen-bond acceptors (Lipinski definition) is 6. The zero-order chi connectivity index (χ0) is 20.6. The summed E-state index contributed by atoms with van der Waals surface area (Å²) in [6, 6.07) is 5.36. The Labute approximate surface area is 158 Å². The van der Waals surface area contributed by atoms with Crippen molar-refractivity contribution in [1.29, 1.82) is 0 Å². The summed E-state index contributed by atoms with van der Waals surface area (Å²) in [6.45, 7) is 6.54. The average molecular weight is 378 g/mol. The van der Waals surface area contributed by atoms with E-state index in [1.807, 2.05) is 0 Å². The van der Waals surface area contributed by atoms with Crippen LogP contribution >= 0.6 is 0 Å². The highest BCUT2D eigenvalue weighted by molar-refractivity contribution is 6.04. The van der Waals surface area contributed by atoms with E-state index in [-0.39, 0.29) is 24.3 Å². The van der Waals surface area contributed by atoms with Crippen LogP contribution in [-0.4, -0.2) is 42.5 Å². The second kappa shape index (κ2) is 9.70. The van der Waals surface area contributed by atoms with E-state index in [9.17, 15) is 19.2 Å². The molecule has 0 aromatic heterocycles. The number of carbonyl (C=O) groups is 4. The fraction of sp³-hybridized carbons (Fsp3) is 0.474. The van der Waals surface area contributed by atoms with E-state index in [4.69, 9.17) is 9.47 Å². The predicted octanol–water partition coefficient (Wildman–Crippen LogP) is 2.04. The minimum Gasteiger partial charge on any atom is -0.467 e. The number of carbonyl (C=O) groups excluding carboxylic acids is 4. The first-order valence-electron chi connectivity index (χ1n) is 8.50. The van der Waals surface area contributed by atoms with Crippen LogP contribution in [0.3, 0.4) is 0 Å². The number of amides is 2. The average Bonchev–Trinajstić information content (AvgIpc) is 2.56. The van der Waals surface area contributed by atoms with Crippen LogP contribution in [0, 0.1) is 0 Å². The smallest absolute Gasteiger partial charge is 0.328 e. The van der Waals surface area contributed by atoms with Crippen LogP contribution in [0.2, 0.25) is 0 Å². The minimum absolute atomic E-state index is 0.0234. The third kappa shape index (κ3) is 7.89. The summed E-state index contributed by atoms with van der Waals surface area (Å²) >= 11 is 0. The predicted molar refractivity (Wildman–Crippen MR) is 99.1 cm³/mol. The van der Waals surface area contributed by atoms with E-state index < -0.39 is 29.5 Å². The summed E-state index contributed by atoms with van der Waals surface area (Å²) in [5.74, 6) is -2.06. The monoisotopic (exact) mass is 378 g/mol. The number of ether oxygens (including phenoxy) is 2. The molecule has 0 saturated heterocycles. The Morgan fingerprint density at radius 3 is 2.30 bits per heavy atom. The van der Waals surface area contributed by atoms with E-state index >= 15 is 0 Å². The van der Waals surface area contributed by atoms with E-state index in [1.54, 1.807) is 39.0 Å². The van der Waals surface area contributed by atoms with E-state index in [2.05, 4.69) is 10.6 Å². The Bertz CT molecular complexity index is 708. The van der Waals surface area contributed by atoms with Crippen molar-refractivity contribution in [2.24, 2.45) is 0 Å². The first kappa shape index (κ1) is 22.1. The number of benzene rings is 1. The summed E-state index contributed by atoms with van der Waals surface area (Å²) in [7, 11) is 1.19. The molecule has 0 aliphatic carbocycles. The van der Waals surface area contributed by atoms with Crippen molar-refractivity contribution in [3.63, 3.8) is 0 Å². The maximum Gasteiger partial charge on any atom is 0.328 e. The summed E-state index contributed by atoms with van der Waals surface area (Å²) in [5.41, 5.74) is -0.129.